The highest BCUT2D eigenvalue weighted by molar-refractivity contribution is 5.86. The number of rotatable bonds is 8. The maximum atomic E-state index is 13.7. The Morgan fingerprint density at radius 3 is 2.36 bits per heavy atom. The number of halogens is 6. The first kappa shape index (κ1) is 35.3. The molecule has 0 bridgehead atoms. The van der Waals surface area contributed by atoms with Gasteiger partial charge in [-0.3, -0.25) is 0 Å². The van der Waals surface area contributed by atoms with Gasteiger partial charge in [0.15, 0.2) is 0 Å². The molecular weight excluding hydrogens is 608 g/mol. The smallest absolute Gasteiger partial charge is 0.348 e. The number of aromatic nitrogens is 4. The Labute approximate surface area is 263 Å². The fourth-order valence-electron chi connectivity index (χ4n) is 5.19. The monoisotopic (exact) mass is 642 g/mol. The zero-order valence-electron chi connectivity index (χ0n) is 23.4. The van der Waals surface area contributed by atoms with Gasteiger partial charge in [0.2, 0.25) is 5.95 Å². The van der Waals surface area contributed by atoms with E-state index in [1.807, 2.05) is 43.3 Å². The number of nitrogens with one attached hydrogen (secondary N) is 2. The van der Waals surface area contributed by atoms with E-state index in [2.05, 4.69) is 27.1 Å². The first-order valence-electron chi connectivity index (χ1n) is 13.5. The molecule has 2 aromatic heterocycles. The molecule has 0 saturated carbocycles. The highest BCUT2D eigenvalue weighted by atomic mass is 35.5. The van der Waals surface area contributed by atoms with Crippen LogP contribution in [0.2, 0.25) is 0 Å². The minimum absolute atomic E-state index is 0. The van der Waals surface area contributed by atoms with Crippen LogP contribution in [0, 0.1) is 0 Å². The maximum absolute atomic E-state index is 13.7. The molecule has 1 fully saturated rings. The van der Waals surface area contributed by atoms with E-state index in [-0.39, 0.29) is 49.2 Å². The van der Waals surface area contributed by atoms with Crippen molar-refractivity contribution in [3.63, 3.8) is 0 Å². The summed E-state index contributed by atoms with van der Waals surface area (Å²) in [5.74, 6) is 1.58. The summed E-state index contributed by atoms with van der Waals surface area (Å²) >= 11 is 0. The number of alkyl halides is 3. The number of benzene rings is 2. The lowest BCUT2D eigenvalue weighted by molar-refractivity contribution is -0.137. The summed E-state index contributed by atoms with van der Waals surface area (Å²) in [6, 6.07) is 17.2. The molecule has 0 amide bonds. The predicted molar refractivity (Wildman–Crippen MR) is 169 cm³/mol. The number of hydrogen-bond acceptors (Lipinski definition) is 5. The van der Waals surface area contributed by atoms with E-state index in [4.69, 9.17) is 9.97 Å². The molecule has 4 aromatic rings. The maximum Gasteiger partial charge on any atom is 0.416 e. The lowest BCUT2D eigenvalue weighted by Crippen LogP contribution is -2.28. The van der Waals surface area contributed by atoms with E-state index in [1.165, 1.54) is 12.1 Å². The zero-order chi connectivity index (χ0) is 27.4. The molecule has 2 aromatic carbocycles. The van der Waals surface area contributed by atoms with Crippen molar-refractivity contribution in [3.8, 4) is 22.6 Å². The molecule has 1 aliphatic rings. The van der Waals surface area contributed by atoms with Gasteiger partial charge in [-0.1, -0.05) is 49.4 Å². The molecule has 1 saturated heterocycles. The quantitative estimate of drug-likeness (QED) is 0.202. The van der Waals surface area contributed by atoms with Gasteiger partial charge in [0.25, 0.3) is 0 Å². The molecule has 1 atom stereocenters. The van der Waals surface area contributed by atoms with Gasteiger partial charge >= 0.3 is 6.18 Å². The minimum Gasteiger partial charge on any atom is -0.348 e. The van der Waals surface area contributed by atoms with Gasteiger partial charge in [0.1, 0.15) is 5.82 Å². The van der Waals surface area contributed by atoms with E-state index in [0.29, 0.717) is 29.4 Å². The summed E-state index contributed by atoms with van der Waals surface area (Å²) in [5.41, 5.74) is 2.70. The van der Waals surface area contributed by atoms with Gasteiger partial charge in [-0.05, 0) is 63.0 Å². The lowest BCUT2D eigenvalue weighted by Gasteiger charge is -2.23. The molecular formula is C30H36Cl3F3N6. The summed E-state index contributed by atoms with van der Waals surface area (Å²) in [6.07, 6.45) is -0.0588. The molecule has 1 aliphatic heterocycles. The molecule has 42 heavy (non-hydrogen) atoms. The van der Waals surface area contributed by atoms with Crippen LogP contribution >= 0.6 is 37.2 Å². The molecule has 228 valence electrons. The molecule has 12 heteroatoms. The summed E-state index contributed by atoms with van der Waals surface area (Å²) < 4.78 is 43.1. The Balaban J connectivity index is 0.00000205. The van der Waals surface area contributed by atoms with E-state index >= 15 is 0 Å². The van der Waals surface area contributed by atoms with Crippen molar-refractivity contribution >= 4 is 43.2 Å². The molecule has 0 spiro atoms. The van der Waals surface area contributed by atoms with Gasteiger partial charge in [-0.25, -0.2) is 15.0 Å². The summed E-state index contributed by atoms with van der Waals surface area (Å²) in [5, 5.41) is 6.76. The van der Waals surface area contributed by atoms with Crippen molar-refractivity contribution in [1.29, 1.82) is 0 Å². The number of imidazole rings is 1. The second kappa shape index (κ2) is 15.6. The zero-order valence-corrected chi connectivity index (χ0v) is 25.8. The van der Waals surface area contributed by atoms with Crippen molar-refractivity contribution in [3.05, 3.63) is 83.8 Å². The standard InChI is InChI=1S/C30H33F3N6.3ClH/c1-3-18-39-27(25-14-17-35-29(37-25)36-20(2)21-8-5-4-6-9-21)26(38-28(39)22-12-15-34-16-13-22)23-10-7-11-24(19-23)30(31,32)33;;;/h4-11,14,17,19-20,22,34H,3,12-13,15-16,18H2,1-2H3,(H,35,36,37);3*1H/t20-;;;/m0.../s1. The van der Waals surface area contributed by atoms with Gasteiger partial charge in [-0.2, -0.15) is 13.2 Å². The normalized spacial score (nSPS) is 14.2. The fraction of sp³-hybridized carbons (Fsp3) is 0.367. The molecule has 3 heterocycles. The average Bonchev–Trinajstić information content (AvgIpc) is 3.33. The van der Waals surface area contributed by atoms with Crippen LogP contribution < -0.4 is 10.6 Å². The number of anilines is 1. The number of hydrogen-bond donors (Lipinski definition) is 2. The van der Waals surface area contributed by atoms with Gasteiger partial charge in [0.05, 0.1) is 28.7 Å². The van der Waals surface area contributed by atoms with E-state index in [0.717, 1.165) is 55.5 Å². The summed E-state index contributed by atoms with van der Waals surface area (Å²) in [7, 11) is 0. The third-order valence-corrected chi connectivity index (χ3v) is 7.16. The van der Waals surface area contributed by atoms with Crippen LogP contribution in [-0.2, 0) is 12.7 Å². The van der Waals surface area contributed by atoms with Crippen LogP contribution in [-0.4, -0.2) is 32.6 Å². The molecule has 0 radical (unpaired) electrons. The predicted octanol–water partition coefficient (Wildman–Crippen LogP) is 8.34. The summed E-state index contributed by atoms with van der Waals surface area (Å²) in [6.45, 7) is 6.59. The van der Waals surface area contributed by atoms with Crippen LogP contribution in [0.1, 0.15) is 62.0 Å². The van der Waals surface area contributed by atoms with Gasteiger partial charge in [0, 0.05) is 24.2 Å². The van der Waals surface area contributed by atoms with Crippen LogP contribution in [0.3, 0.4) is 0 Å². The topological polar surface area (TPSA) is 67.7 Å². The SMILES string of the molecule is CCCn1c(C2CCNCC2)nc(-c2cccc(C(F)(F)F)c2)c1-c1ccnc(N[C@@H](C)c2ccccc2)n1.Cl.Cl.Cl. The Morgan fingerprint density at radius 1 is 0.976 bits per heavy atom. The van der Waals surface area contributed by atoms with Crippen LogP contribution in [0.25, 0.3) is 22.6 Å². The lowest BCUT2D eigenvalue weighted by atomic mass is 9.97. The Bertz CT molecular complexity index is 1410. The second-order valence-electron chi connectivity index (χ2n) is 9.96. The van der Waals surface area contributed by atoms with E-state index in [9.17, 15) is 13.2 Å². The fourth-order valence-corrected chi connectivity index (χ4v) is 5.19. The Morgan fingerprint density at radius 2 is 1.69 bits per heavy atom. The van der Waals surface area contributed by atoms with E-state index < -0.39 is 11.7 Å². The first-order chi connectivity index (χ1) is 18.8. The molecule has 0 unspecified atom stereocenters. The molecule has 5 rings (SSSR count). The molecule has 6 nitrogen and oxygen atoms in total. The molecule has 2 N–H and O–H groups in total. The van der Waals surface area contributed by atoms with Gasteiger partial charge < -0.3 is 15.2 Å². The average molecular weight is 644 g/mol. The van der Waals surface area contributed by atoms with Crippen LogP contribution in [0.5, 0.6) is 0 Å². The largest absolute Gasteiger partial charge is 0.416 e. The summed E-state index contributed by atoms with van der Waals surface area (Å²) in [4.78, 5) is 14.3. The third kappa shape index (κ3) is 7.95. The van der Waals surface area contributed by atoms with Crippen molar-refractivity contribution < 1.29 is 13.2 Å². The molecule has 0 aliphatic carbocycles. The van der Waals surface area contributed by atoms with Crippen molar-refractivity contribution in [2.24, 2.45) is 0 Å². The van der Waals surface area contributed by atoms with Crippen molar-refractivity contribution in [2.45, 2.75) is 57.8 Å². The highest BCUT2D eigenvalue weighted by Crippen LogP contribution is 2.39. The third-order valence-electron chi connectivity index (χ3n) is 7.16. The first-order valence-corrected chi connectivity index (χ1v) is 13.5. The second-order valence-corrected chi connectivity index (χ2v) is 9.96. The Hall–Kier alpha value is -2.85. The van der Waals surface area contributed by atoms with Crippen LogP contribution in [0.15, 0.2) is 66.9 Å². The highest BCUT2D eigenvalue weighted by Gasteiger charge is 2.32. The van der Waals surface area contributed by atoms with Gasteiger partial charge in [-0.15, -0.1) is 37.2 Å². The van der Waals surface area contributed by atoms with Crippen molar-refractivity contribution in [2.75, 3.05) is 18.4 Å². The number of piperidine rings is 1. The minimum atomic E-state index is -4.44. The van der Waals surface area contributed by atoms with E-state index in [1.54, 1.807) is 12.3 Å². The van der Waals surface area contributed by atoms with Crippen molar-refractivity contribution in [1.82, 2.24) is 24.8 Å². The Kier molecular flexibility index (Phi) is 13.1. The number of nitrogens with zero attached hydrogens (tertiary/aromatic N) is 4. The van der Waals surface area contributed by atoms with Crippen LogP contribution in [0.4, 0.5) is 19.1 Å².